The van der Waals surface area contributed by atoms with E-state index in [9.17, 15) is 9.50 Å². The van der Waals surface area contributed by atoms with Crippen LogP contribution >= 0.6 is 24.0 Å². The molecule has 2 atom stereocenters. The topological polar surface area (TPSA) is 59.9 Å². The van der Waals surface area contributed by atoms with Crippen LogP contribution in [0.1, 0.15) is 44.7 Å². The second kappa shape index (κ2) is 15.0. The zero-order chi connectivity index (χ0) is 19.4. The number of guanidine groups is 1. The average Bonchev–Trinajstić information content (AvgIpc) is 2.61. The number of nitrogens with one attached hydrogen (secondary N) is 2. The Labute approximate surface area is 180 Å². The minimum atomic E-state index is -0.222. The van der Waals surface area contributed by atoms with E-state index in [1.165, 1.54) is 12.1 Å². The SMILES string of the molecule is CCCC(CCO)CN=C(NCC)NCC(c1ccc(F)cc1)N(C)C.I. The van der Waals surface area contributed by atoms with E-state index < -0.39 is 0 Å². The molecule has 5 nitrogen and oxygen atoms in total. The Morgan fingerprint density at radius 3 is 2.33 bits per heavy atom. The van der Waals surface area contributed by atoms with Crippen molar-refractivity contribution in [2.45, 2.75) is 39.2 Å². The van der Waals surface area contributed by atoms with Gasteiger partial charge in [0.05, 0.1) is 6.04 Å². The van der Waals surface area contributed by atoms with Gasteiger partial charge < -0.3 is 20.6 Å². The van der Waals surface area contributed by atoms with E-state index in [-0.39, 0.29) is 42.4 Å². The number of aliphatic imine (C=N–C) groups is 1. The Kier molecular flexibility index (Phi) is 14.5. The number of aliphatic hydroxyl groups is 1. The minimum Gasteiger partial charge on any atom is -0.396 e. The molecule has 0 bridgehead atoms. The summed E-state index contributed by atoms with van der Waals surface area (Å²) in [7, 11) is 4.02. The molecule has 27 heavy (non-hydrogen) atoms. The summed E-state index contributed by atoms with van der Waals surface area (Å²) in [4.78, 5) is 6.80. The van der Waals surface area contributed by atoms with Crippen LogP contribution < -0.4 is 10.6 Å². The molecule has 0 aromatic heterocycles. The van der Waals surface area contributed by atoms with Crippen molar-refractivity contribution in [3.05, 3.63) is 35.6 Å². The number of hydrogen-bond acceptors (Lipinski definition) is 3. The van der Waals surface area contributed by atoms with Crippen LogP contribution in [0.5, 0.6) is 0 Å². The molecule has 0 heterocycles. The third-order valence-corrected chi connectivity index (χ3v) is 4.43. The number of hydrogen-bond donors (Lipinski definition) is 3. The summed E-state index contributed by atoms with van der Waals surface area (Å²) in [5, 5.41) is 15.9. The molecule has 0 spiro atoms. The highest BCUT2D eigenvalue weighted by Crippen LogP contribution is 2.17. The first-order chi connectivity index (χ1) is 12.5. The minimum absolute atomic E-state index is 0. The number of likely N-dealkylation sites (N-methyl/N-ethyl adjacent to an activating group) is 1. The van der Waals surface area contributed by atoms with Gasteiger partial charge in [0.1, 0.15) is 5.82 Å². The molecular formula is C20H36FIN4O. The van der Waals surface area contributed by atoms with Gasteiger partial charge in [-0.25, -0.2) is 4.39 Å². The molecule has 3 N–H and O–H groups in total. The Hall–Kier alpha value is -0.930. The molecule has 1 aromatic rings. The summed E-state index contributed by atoms with van der Waals surface area (Å²) in [6.45, 7) is 6.56. The molecule has 0 aliphatic heterocycles. The van der Waals surface area contributed by atoms with Crippen molar-refractivity contribution < 1.29 is 9.50 Å². The quantitative estimate of drug-likeness (QED) is 0.251. The lowest BCUT2D eigenvalue weighted by molar-refractivity contribution is 0.253. The maximum atomic E-state index is 13.2. The molecule has 0 saturated carbocycles. The predicted molar refractivity (Wildman–Crippen MR) is 122 cm³/mol. The van der Waals surface area contributed by atoms with Gasteiger partial charge in [0.15, 0.2) is 5.96 Å². The number of benzene rings is 1. The molecule has 0 fully saturated rings. The highest BCUT2D eigenvalue weighted by molar-refractivity contribution is 14.0. The van der Waals surface area contributed by atoms with Gasteiger partial charge in [-0.2, -0.15) is 0 Å². The second-order valence-electron chi connectivity index (χ2n) is 6.80. The van der Waals surface area contributed by atoms with Crippen molar-refractivity contribution in [2.75, 3.05) is 40.3 Å². The Morgan fingerprint density at radius 1 is 1.15 bits per heavy atom. The van der Waals surface area contributed by atoms with E-state index in [1.807, 2.05) is 33.2 Å². The van der Waals surface area contributed by atoms with Gasteiger partial charge in [0.2, 0.25) is 0 Å². The van der Waals surface area contributed by atoms with Gasteiger partial charge in [-0.05, 0) is 57.5 Å². The summed E-state index contributed by atoms with van der Waals surface area (Å²) in [5.74, 6) is 0.961. The van der Waals surface area contributed by atoms with Crippen LogP contribution in [-0.4, -0.2) is 56.3 Å². The van der Waals surface area contributed by atoms with Crippen molar-refractivity contribution >= 4 is 29.9 Å². The van der Waals surface area contributed by atoms with Crippen LogP contribution in [0.2, 0.25) is 0 Å². The van der Waals surface area contributed by atoms with Crippen LogP contribution in [-0.2, 0) is 0 Å². The maximum Gasteiger partial charge on any atom is 0.191 e. The number of aliphatic hydroxyl groups excluding tert-OH is 1. The van der Waals surface area contributed by atoms with Crippen LogP contribution in [0.15, 0.2) is 29.3 Å². The first kappa shape index (κ1) is 26.1. The normalized spacial score (nSPS) is 13.8. The Balaban J connectivity index is 0.00000676. The Morgan fingerprint density at radius 2 is 1.81 bits per heavy atom. The van der Waals surface area contributed by atoms with Gasteiger partial charge in [-0.15, -0.1) is 24.0 Å². The summed E-state index contributed by atoms with van der Waals surface area (Å²) in [6.07, 6.45) is 2.95. The van der Waals surface area contributed by atoms with Crippen LogP contribution in [0, 0.1) is 11.7 Å². The van der Waals surface area contributed by atoms with Crippen molar-refractivity contribution in [1.29, 1.82) is 0 Å². The van der Waals surface area contributed by atoms with Gasteiger partial charge in [0, 0.05) is 26.2 Å². The molecule has 1 rings (SSSR count). The standard InChI is InChI=1S/C20H35FN4O.HI/c1-5-7-16(12-13-26)14-23-20(22-6-2)24-15-19(25(3)4)17-8-10-18(21)11-9-17;/h8-11,16,19,26H,5-7,12-15H2,1-4H3,(H2,22,23,24);1H. The summed E-state index contributed by atoms with van der Waals surface area (Å²) in [5.41, 5.74) is 1.06. The third-order valence-electron chi connectivity index (χ3n) is 4.43. The van der Waals surface area contributed by atoms with Crippen molar-refractivity contribution in [3.8, 4) is 0 Å². The largest absolute Gasteiger partial charge is 0.396 e. The molecule has 156 valence electrons. The van der Waals surface area contributed by atoms with Crippen molar-refractivity contribution in [2.24, 2.45) is 10.9 Å². The van der Waals surface area contributed by atoms with E-state index >= 15 is 0 Å². The zero-order valence-electron chi connectivity index (χ0n) is 17.0. The summed E-state index contributed by atoms with van der Waals surface area (Å²) < 4.78 is 13.2. The molecule has 0 amide bonds. The monoisotopic (exact) mass is 494 g/mol. The van der Waals surface area contributed by atoms with Crippen molar-refractivity contribution in [3.63, 3.8) is 0 Å². The van der Waals surface area contributed by atoms with Crippen LogP contribution in [0.25, 0.3) is 0 Å². The maximum absolute atomic E-state index is 13.2. The molecular weight excluding hydrogens is 458 g/mol. The fourth-order valence-electron chi connectivity index (χ4n) is 2.96. The van der Waals surface area contributed by atoms with Gasteiger partial charge >= 0.3 is 0 Å². The first-order valence-electron chi connectivity index (χ1n) is 9.56. The average molecular weight is 494 g/mol. The number of halogens is 2. The van der Waals surface area contributed by atoms with E-state index in [2.05, 4.69) is 22.5 Å². The lowest BCUT2D eigenvalue weighted by Crippen LogP contribution is -2.42. The smallest absolute Gasteiger partial charge is 0.191 e. The molecule has 1 aromatic carbocycles. The highest BCUT2D eigenvalue weighted by atomic mass is 127. The molecule has 2 unspecified atom stereocenters. The fraction of sp³-hybridized carbons (Fsp3) is 0.650. The third kappa shape index (κ3) is 10.3. The second-order valence-corrected chi connectivity index (χ2v) is 6.80. The van der Waals surface area contributed by atoms with E-state index in [1.54, 1.807) is 0 Å². The molecule has 0 saturated heterocycles. The van der Waals surface area contributed by atoms with Crippen LogP contribution in [0.4, 0.5) is 4.39 Å². The molecule has 0 aliphatic rings. The molecule has 0 aliphatic carbocycles. The number of nitrogens with zero attached hydrogens (tertiary/aromatic N) is 2. The van der Waals surface area contributed by atoms with Gasteiger partial charge in [0.25, 0.3) is 0 Å². The fourth-order valence-corrected chi connectivity index (χ4v) is 2.96. The molecule has 0 radical (unpaired) electrons. The first-order valence-corrected chi connectivity index (χ1v) is 9.56. The summed E-state index contributed by atoms with van der Waals surface area (Å²) in [6, 6.07) is 6.75. The van der Waals surface area contributed by atoms with E-state index in [4.69, 9.17) is 4.99 Å². The van der Waals surface area contributed by atoms with Gasteiger partial charge in [-0.1, -0.05) is 25.5 Å². The highest BCUT2D eigenvalue weighted by Gasteiger charge is 2.15. The number of rotatable bonds is 11. The van der Waals surface area contributed by atoms with Crippen molar-refractivity contribution in [1.82, 2.24) is 15.5 Å². The lowest BCUT2D eigenvalue weighted by Gasteiger charge is -2.26. The van der Waals surface area contributed by atoms with Crippen LogP contribution in [0.3, 0.4) is 0 Å². The molecule has 7 heteroatoms. The predicted octanol–water partition coefficient (Wildman–Crippen LogP) is 3.40. The van der Waals surface area contributed by atoms with E-state index in [0.29, 0.717) is 19.0 Å². The summed E-state index contributed by atoms with van der Waals surface area (Å²) >= 11 is 0. The Bertz CT molecular complexity index is 519. The van der Waals surface area contributed by atoms with Gasteiger partial charge in [-0.3, -0.25) is 4.99 Å². The lowest BCUT2D eigenvalue weighted by atomic mass is 10.0. The zero-order valence-corrected chi connectivity index (χ0v) is 19.4. The van der Waals surface area contributed by atoms with E-state index in [0.717, 1.165) is 37.3 Å².